The Bertz CT molecular complexity index is 464. The van der Waals surface area contributed by atoms with Gasteiger partial charge in [-0.05, 0) is 46.1 Å². The van der Waals surface area contributed by atoms with E-state index in [1.165, 1.54) is 5.56 Å². The molecule has 1 aromatic carbocycles. The van der Waals surface area contributed by atoms with Crippen LogP contribution in [0.5, 0.6) is 0 Å². The number of ether oxygens (including phenoxy) is 1. The van der Waals surface area contributed by atoms with Crippen molar-refractivity contribution in [3.63, 3.8) is 0 Å². The standard InChI is InChI=1S/C18H30N2O2/c1-14(15-10-8-7-9-11-15)12-20-18(5,6)13-19-16(21)22-17(2,3)4/h7-11,14,20H,12-13H2,1-6H3,(H,19,21). The van der Waals surface area contributed by atoms with Crippen LogP contribution in [0.1, 0.15) is 53.0 Å². The molecule has 1 unspecified atom stereocenters. The van der Waals surface area contributed by atoms with Gasteiger partial charge in [0, 0.05) is 18.6 Å². The number of hydrogen-bond donors (Lipinski definition) is 2. The van der Waals surface area contributed by atoms with E-state index in [1.807, 2.05) is 26.8 Å². The zero-order chi connectivity index (χ0) is 16.8. The van der Waals surface area contributed by atoms with Gasteiger partial charge >= 0.3 is 6.09 Å². The largest absolute Gasteiger partial charge is 0.444 e. The Morgan fingerprint density at radius 3 is 2.27 bits per heavy atom. The van der Waals surface area contributed by atoms with Gasteiger partial charge in [0.1, 0.15) is 5.60 Å². The fraction of sp³-hybridized carbons (Fsp3) is 0.611. The van der Waals surface area contributed by atoms with Crippen molar-refractivity contribution in [2.24, 2.45) is 0 Å². The third-order valence-electron chi connectivity index (χ3n) is 3.33. The second-order valence-corrected chi connectivity index (χ2v) is 7.43. The topological polar surface area (TPSA) is 50.4 Å². The molecular weight excluding hydrogens is 276 g/mol. The number of amides is 1. The molecule has 1 aromatic rings. The lowest BCUT2D eigenvalue weighted by atomic mass is 9.99. The molecule has 0 fully saturated rings. The Morgan fingerprint density at radius 1 is 1.14 bits per heavy atom. The predicted molar refractivity (Wildman–Crippen MR) is 91.2 cm³/mol. The summed E-state index contributed by atoms with van der Waals surface area (Å²) >= 11 is 0. The van der Waals surface area contributed by atoms with E-state index in [0.29, 0.717) is 12.5 Å². The summed E-state index contributed by atoms with van der Waals surface area (Å²) in [5, 5.41) is 6.32. The van der Waals surface area contributed by atoms with Crippen LogP contribution < -0.4 is 10.6 Å². The van der Waals surface area contributed by atoms with Gasteiger partial charge in [0.05, 0.1) is 0 Å². The second kappa shape index (κ2) is 7.63. The molecule has 0 saturated carbocycles. The summed E-state index contributed by atoms with van der Waals surface area (Å²) in [6, 6.07) is 10.4. The van der Waals surface area contributed by atoms with E-state index >= 15 is 0 Å². The molecule has 1 rings (SSSR count). The summed E-state index contributed by atoms with van der Waals surface area (Å²) in [4.78, 5) is 11.7. The SMILES string of the molecule is CC(CNC(C)(C)CNC(=O)OC(C)(C)C)c1ccccc1. The smallest absolute Gasteiger partial charge is 0.407 e. The van der Waals surface area contributed by atoms with Gasteiger partial charge in [-0.25, -0.2) is 4.79 Å². The molecule has 1 amide bonds. The van der Waals surface area contributed by atoms with Gasteiger partial charge in [-0.3, -0.25) is 0 Å². The van der Waals surface area contributed by atoms with Crippen molar-refractivity contribution in [3.8, 4) is 0 Å². The first-order valence-corrected chi connectivity index (χ1v) is 7.86. The van der Waals surface area contributed by atoms with E-state index in [0.717, 1.165) is 6.54 Å². The zero-order valence-electron chi connectivity index (χ0n) is 14.7. The van der Waals surface area contributed by atoms with Crippen LogP contribution in [0, 0.1) is 0 Å². The van der Waals surface area contributed by atoms with Crippen LogP contribution in [-0.4, -0.2) is 30.3 Å². The average Bonchev–Trinajstić information content (AvgIpc) is 2.42. The summed E-state index contributed by atoms with van der Waals surface area (Å²) in [6.07, 6.45) is -0.376. The molecule has 4 heteroatoms. The Kier molecular flexibility index (Phi) is 6.42. The molecule has 0 spiro atoms. The Hall–Kier alpha value is -1.55. The fourth-order valence-corrected chi connectivity index (χ4v) is 2.00. The number of carbonyl (C=O) groups is 1. The van der Waals surface area contributed by atoms with Crippen molar-refractivity contribution in [1.29, 1.82) is 0 Å². The van der Waals surface area contributed by atoms with Gasteiger partial charge in [-0.15, -0.1) is 0 Å². The molecule has 0 aromatic heterocycles. The summed E-state index contributed by atoms with van der Waals surface area (Å²) < 4.78 is 5.25. The number of nitrogens with one attached hydrogen (secondary N) is 2. The Morgan fingerprint density at radius 2 is 1.73 bits per heavy atom. The van der Waals surface area contributed by atoms with Crippen LogP contribution >= 0.6 is 0 Å². The lowest BCUT2D eigenvalue weighted by Gasteiger charge is -2.29. The monoisotopic (exact) mass is 306 g/mol. The second-order valence-electron chi connectivity index (χ2n) is 7.43. The highest BCUT2D eigenvalue weighted by molar-refractivity contribution is 5.67. The van der Waals surface area contributed by atoms with Crippen LogP contribution in [0.25, 0.3) is 0 Å². The number of rotatable bonds is 6. The van der Waals surface area contributed by atoms with Crippen LogP contribution in [-0.2, 0) is 4.74 Å². The molecule has 22 heavy (non-hydrogen) atoms. The minimum atomic E-state index is -0.469. The number of carbonyl (C=O) groups excluding carboxylic acids is 1. The quantitative estimate of drug-likeness (QED) is 0.843. The van der Waals surface area contributed by atoms with E-state index < -0.39 is 5.60 Å². The normalized spacial score (nSPS) is 13.5. The molecular formula is C18H30N2O2. The summed E-state index contributed by atoms with van der Waals surface area (Å²) in [6.45, 7) is 13.3. The van der Waals surface area contributed by atoms with Crippen LogP contribution in [0.3, 0.4) is 0 Å². The first-order valence-electron chi connectivity index (χ1n) is 7.86. The zero-order valence-corrected chi connectivity index (χ0v) is 14.7. The van der Waals surface area contributed by atoms with Crippen molar-refractivity contribution in [2.75, 3.05) is 13.1 Å². The molecule has 0 aliphatic carbocycles. The van der Waals surface area contributed by atoms with Gasteiger partial charge in [0.15, 0.2) is 0 Å². The first-order chi connectivity index (χ1) is 10.1. The maximum Gasteiger partial charge on any atom is 0.407 e. The molecule has 2 N–H and O–H groups in total. The summed E-state index contributed by atoms with van der Waals surface area (Å²) in [5.74, 6) is 0.419. The third kappa shape index (κ3) is 7.46. The van der Waals surface area contributed by atoms with E-state index in [2.05, 4.69) is 55.7 Å². The molecule has 0 bridgehead atoms. The lowest BCUT2D eigenvalue weighted by Crippen LogP contribution is -2.50. The highest BCUT2D eigenvalue weighted by Gasteiger charge is 2.22. The average molecular weight is 306 g/mol. The highest BCUT2D eigenvalue weighted by atomic mass is 16.6. The number of alkyl carbamates (subject to hydrolysis) is 1. The Balaban J connectivity index is 2.39. The number of hydrogen-bond acceptors (Lipinski definition) is 3. The van der Waals surface area contributed by atoms with Crippen LogP contribution in [0.15, 0.2) is 30.3 Å². The van der Waals surface area contributed by atoms with Gasteiger partial charge in [0.2, 0.25) is 0 Å². The van der Waals surface area contributed by atoms with Crippen LogP contribution in [0.4, 0.5) is 4.79 Å². The first kappa shape index (κ1) is 18.5. The van der Waals surface area contributed by atoms with Crippen molar-refractivity contribution in [2.45, 2.75) is 58.6 Å². The summed E-state index contributed by atoms with van der Waals surface area (Å²) in [7, 11) is 0. The molecule has 0 heterocycles. The van der Waals surface area contributed by atoms with Gasteiger partial charge < -0.3 is 15.4 Å². The molecule has 124 valence electrons. The highest BCUT2D eigenvalue weighted by Crippen LogP contribution is 2.14. The maximum absolute atomic E-state index is 11.7. The minimum absolute atomic E-state index is 0.194. The van der Waals surface area contributed by atoms with Gasteiger partial charge in [0.25, 0.3) is 0 Å². The van der Waals surface area contributed by atoms with Crippen molar-refractivity contribution in [3.05, 3.63) is 35.9 Å². The third-order valence-corrected chi connectivity index (χ3v) is 3.33. The van der Waals surface area contributed by atoms with Crippen molar-refractivity contribution >= 4 is 6.09 Å². The van der Waals surface area contributed by atoms with Gasteiger partial charge in [-0.2, -0.15) is 0 Å². The molecule has 1 atom stereocenters. The maximum atomic E-state index is 11.7. The lowest BCUT2D eigenvalue weighted by molar-refractivity contribution is 0.0513. The molecule has 4 nitrogen and oxygen atoms in total. The number of benzene rings is 1. The summed E-state index contributed by atoms with van der Waals surface area (Å²) in [5.41, 5.74) is 0.648. The fourth-order valence-electron chi connectivity index (χ4n) is 2.00. The van der Waals surface area contributed by atoms with E-state index in [9.17, 15) is 4.79 Å². The van der Waals surface area contributed by atoms with Gasteiger partial charge in [-0.1, -0.05) is 37.3 Å². The van der Waals surface area contributed by atoms with Crippen molar-refractivity contribution in [1.82, 2.24) is 10.6 Å². The minimum Gasteiger partial charge on any atom is -0.444 e. The van der Waals surface area contributed by atoms with Crippen LogP contribution in [0.2, 0.25) is 0 Å². The molecule has 0 aliphatic rings. The Labute approximate surface area is 134 Å². The molecule has 0 saturated heterocycles. The molecule has 0 aliphatic heterocycles. The molecule has 0 radical (unpaired) electrons. The predicted octanol–water partition coefficient (Wildman–Crippen LogP) is 3.68. The van der Waals surface area contributed by atoms with E-state index in [-0.39, 0.29) is 11.6 Å². The van der Waals surface area contributed by atoms with Crippen molar-refractivity contribution < 1.29 is 9.53 Å². The van der Waals surface area contributed by atoms with E-state index in [4.69, 9.17) is 4.74 Å². The van der Waals surface area contributed by atoms with E-state index in [1.54, 1.807) is 0 Å².